The molecule has 1 aromatic rings. The van der Waals surface area contributed by atoms with Gasteiger partial charge in [-0.25, -0.2) is 0 Å². The Morgan fingerprint density at radius 1 is 1.62 bits per heavy atom. The van der Waals surface area contributed by atoms with Crippen LogP contribution in [0.2, 0.25) is 5.02 Å². The summed E-state index contributed by atoms with van der Waals surface area (Å²) < 4.78 is 0.791. The molecule has 1 unspecified atom stereocenters. The monoisotopic (exact) mass is 304 g/mol. The van der Waals surface area contributed by atoms with Crippen molar-refractivity contribution < 1.29 is 4.79 Å². The minimum absolute atomic E-state index is 0.335. The minimum atomic E-state index is -0.340. The van der Waals surface area contributed by atoms with Gasteiger partial charge in [-0.1, -0.05) is 24.9 Å². The summed E-state index contributed by atoms with van der Waals surface area (Å²) in [5, 5.41) is 3.72. The molecule has 0 fully saturated rings. The van der Waals surface area contributed by atoms with Crippen LogP contribution in [0.4, 0.5) is 5.69 Å². The van der Waals surface area contributed by atoms with E-state index in [1.54, 1.807) is 6.07 Å². The summed E-state index contributed by atoms with van der Waals surface area (Å²) in [6.07, 6.45) is 1.62. The van der Waals surface area contributed by atoms with Crippen LogP contribution in [0.15, 0.2) is 22.7 Å². The quantitative estimate of drug-likeness (QED) is 0.878. The van der Waals surface area contributed by atoms with Crippen LogP contribution in [0.1, 0.15) is 19.8 Å². The molecule has 0 aromatic heterocycles. The van der Waals surface area contributed by atoms with Crippen LogP contribution in [0.5, 0.6) is 0 Å². The SMILES string of the molecule is CCCC(Nc1ccc(Cl)c(Br)c1)C(N)=O. The molecule has 88 valence electrons. The lowest BCUT2D eigenvalue weighted by Gasteiger charge is -2.16. The fourth-order valence-electron chi connectivity index (χ4n) is 1.36. The number of hydrogen-bond donors (Lipinski definition) is 2. The van der Waals surface area contributed by atoms with Gasteiger partial charge in [0, 0.05) is 10.2 Å². The van der Waals surface area contributed by atoms with E-state index >= 15 is 0 Å². The minimum Gasteiger partial charge on any atom is -0.374 e. The Kier molecular flexibility index (Phi) is 5.09. The molecule has 0 spiro atoms. The Morgan fingerprint density at radius 3 is 2.81 bits per heavy atom. The number of carbonyl (C=O) groups is 1. The predicted octanol–water partition coefficient (Wildman–Crippen LogP) is 3.17. The van der Waals surface area contributed by atoms with E-state index in [-0.39, 0.29) is 11.9 Å². The first-order valence-corrected chi connectivity index (χ1v) is 6.22. The summed E-state index contributed by atoms with van der Waals surface area (Å²) in [6.45, 7) is 2.01. The summed E-state index contributed by atoms with van der Waals surface area (Å²) >= 11 is 9.20. The summed E-state index contributed by atoms with van der Waals surface area (Å²) in [6, 6.07) is 5.07. The first-order valence-electron chi connectivity index (χ1n) is 5.05. The van der Waals surface area contributed by atoms with Crippen LogP contribution >= 0.6 is 27.5 Å². The lowest BCUT2D eigenvalue weighted by atomic mass is 10.1. The molecule has 0 aliphatic rings. The van der Waals surface area contributed by atoms with Gasteiger partial charge in [-0.2, -0.15) is 0 Å². The zero-order valence-corrected chi connectivity index (χ0v) is 11.3. The second-order valence-corrected chi connectivity index (χ2v) is 4.78. The van der Waals surface area contributed by atoms with Gasteiger partial charge in [-0.3, -0.25) is 4.79 Å². The van der Waals surface area contributed by atoms with Crippen LogP contribution in [-0.4, -0.2) is 11.9 Å². The number of anilines is 1. The molecule has 1 amide bonds. The fourth-order valence-corrected chi connectivity index (χ4v) is 1.86. The van der Waals surface area contributed by atoms with Crippen molar-refractivity contribution in [3.8, 4) is 0 Å². The molecule has 1 atom stereocenters. The van der Waals surface area contributed by atoms with Crippen molar-refractivity contribution in [2.24, 2.45) is 5.73 Å². The average Bonchev–Trinajstić information content (AvgIpc) is 2.22. The van der Waals surface area contributed by atoms with Crippen molar-refractivity contribution in [3.05, 3.63) is 27.7 Å². The first-order chi connectivity index (χ1) is 7.54. The maximum absolute atomic E-state index is 11.2. The molecule has 0 bridgehead atoms. The Labute approximate surface area is 108 Å². The number of halogens is 2. The van der Waals surface area contributed by atoms with E-state index in [1.807, 2.05) is 19.1 Å². The van der Waals surface area contributed by atoms with Crippen LogP contribution in [0, 0.1) is 0 Å². The zero-order chi connectivity index (χ0) is 12.1. The largest absolute Gasteiger partial charge is 0.374 e. The molecule has 0 aliphatic carbocycles. The molecular formula is C11H14BrClN2O. The number of rotatable bonds is 5. The molecule has 1 aromatic carbocycles. The van der Waals surface area contributed by atoms with Gasteiger partial charge in [0.1, 0.15) is 6.04 Å². The molecule has 0 aliphatic heterocycles. The Bertz CT molecular complexity index is 384. The molecule has 0 saturated carbocycles. The second kappa shape index (κ2) is 6.11. The summed E-state index contributed by atoms with van der Waals surface area (Å²) in [4.78, 5) is 11.2. The normalized spacial score (nSPS) is 12.2. The highest BCUT2D eigenvalue weighted by atomic mass is 79.9. The van der Waals surface area contributed by atoms with Crippen molar-refractivity contribution in [2.75, 3.05) is 5.32 Å². The van der Waals surface area contributed by atoms with Gasteiger partial charge >= 0.3 is 0 Å². The van der Waals surface area contributed by atoms with Crippen molar-refractivity contribution in [2.45, 2.75) is 25.8 Å². The van der Waals surface area contributed by atoms with Gasteiger partial charge in [0.15, 0.2) is 0 Å². The average molecular weight is 306 g/mol. The van der Waals surface area contributed by atoms with Gasteiger partial charge < -0.3 is 11.1 Å². The van der Waals surface area contributed by atoms with E-state index in [0.29, 0.717) is 5.02 Å². The third-order valence-corrected chi connectivity index (χ3v) is 3.40. The first kappa shape index (κ1) is 13.3. The van der Waals surface area contributed by atoms with Crippen molar-refractivity contribution in [3.63, 3.8) is 0 Å². The van der Waals surface area contributed by atoms with Crippen molar-refractivity contribution in [1.29, 1.82) is 0 Å². The molecule has 0 saturated heterocycles. The van der Waals surface area contributed by atoms with Crippen LogP contribution in [0.25, 0.3) is 0 Å². The van der Waals surface area contributed by atoms with Gasteiger partial charge in [-0.05, 0) is 40.5 Å². The molecule has 3 nitrogen and oxygen atoms in total. The van der Waals surface area contributed by atoms with Crippen LogP contribution < -0.4 is 11.1 Å². The number of nitrogens with two attached hydrogens (primary N) is 1. The Morgan fingerprint density at radius 2 is 2.31 bits per heavy atom. The predicted molar refractivity (Wildman–Crippen MR) is 70.7 cm³/mol. The molecular weight excluding hydrogens is 291 g/mol. The highest BCUT2D eigenvalue weighted by Crippen LogP contribution is 2.26. The van der Waals surface area contributed by atoms with Gasteiger partial charge in [0.25, 0.3) is 0 Å². The number of amides is 1. The number of hydrogen-bond acceptors (Lipinski definition) is 2. The molecule has 1 rings (SSSR count). The second-order valence-electron chi connectivity index (χ2n) is 3.52. The third-order valence-electron chi connectivity index (χ3n) is 2.18. The molecule has 3 N–H and O–H groups in total. The van der Waals surface area contributed by atoms with E-state index in [0.717, 1.165) is 23.0 Å². The van der Waals surface area contributed by atoms with Gasteiger partial charge in [0.05, 0.1) is 5.02 Å². The summed E-state index contributed by atoms with van der Waals surface area (Å²) in [5.41, 5.74) is 6.13. The van der Waals surface area contributed by atoms with Crippen LogP contribution in [0.3, 0.4) is 0 Å². The maximum Gasteiger partial charge on any atom is 0.239 e. The number of carbonyl (C=O) groups excluding carboxylic acids is 1. The fraction of sp³-hybridized carbons (Fsp3) is 0.364. The Hall–Kier alpha value is -0.740. The maximum atomic E-state index is 11.2. The third kappa shape index (κ3) is 3.68. The smallest absolute Gasteiger partial charge is 0.239 e. The van der Waals surface area contributed by atoms with Crippen molar-refractivity contribution in [1.82, 2.24) is 0 Å². The van der Waals surface area contributed by atoms with E-state index in [1.165, 1.54) is 0 Å². The zero-order valence-electron chi connectivity index (χ0n) is 8.97. The van der Waals surface area contributed by atoms with E-state index < -0.39 is 0 Å². The van der Waals surface area contributed by atoms with E-state index in [4.69, 9.17) is 17.3 Å². The van der Waals surface area contributed by atoms with Gasteiger partial charge in [-0.15, -0.1) is 0 Å². The molecule has 0 heterocycles. The summed E-state index contributed by atoms with van der Waals surface area (Å²) in [7, 11) is 0. The van der Waals surface area contributed by atoms with E-state index in [2.05, 4.69) is 21.2 Å². The Balaban J connectivity index is 2.77. The number of nitrogens with one attached hydrogen (secondary N) is 1. The lowest BCUT2D eigenvalue weighted by molar-refractivity contribution is -0.118. The molecule has 0 radical (unpaired) electrons. The van der Waals surface area contributed by atoms with Crippen molar-refractivity contribution >= 4 is 39.1 Å². The standard InChI is InChI=1S/C11H14BrClN2O/c1-2-3-10(11(14)16)15-7-4-5-9(13)8(12)6-7/h4-6,10,15H,2-3H2,1H3,(H2,14,16). The number of primary amides is 1. The van der Waals surface area contributed by atoms with E-state index in [9.17, 15) is 4.79 Å². The molecule has 16 heavy (non-hydrogen) atoms. The topological polar surface area (TPSA) is 55.1 Å². The molecule has 5 heteroatoms. The van der Waals surface area contributed by atoms with Gasteiger partial charge in [0.2, 0.25) is 5.91 Å². The highest BCUT2D eigenvalue weighted by Gasteiger charge is 2.13. The number of benzene rings is 1. The lowest BCUT2D eigenvalue weighted by Crippen LogP contribution is -2.35. The van der Waals surface area contributed by atoms with Crippen LogP contribution in [-0.2, 0) is 4.79 Å². The summed E-state index contributed by atoms with van der Waals surface area (Å²) in [5.74, 6) is -0.340. The highest BCUT2D eigenvalue weighted by molar-refractivity contribution is 9.10.